The van der Waals surface area contributed by atoms with Gasteiger partial charge in [-0.1, -0.05) is 36.4 Å². The number of rotatable bonds is 5. The monoisotopic (exact) mass is 395 g/mol. The van der Waals surface area contributed by atoms with Gasteiger partial charge in [-0.2, -0.15) is 5.10 Å². The van der Waals surface area contributed by atoms with Crippen LogP contribution in [0.3, 0.4) is 0 Å². The second-order valence-electron chi connectivity index (χ2n) is 7.10. The van der Waals surface area contributed by atoms with Gasteiger partial charge < -0.3 is 5.32 Å². The largest absolute Gasteiger partial charge is 0.309 e. The summed E-state index contributed by atoms with van der Waals surface area (Å²) in [6.45, 7) is 0. The number of hydrogen-bond acceptors (Lipinski definition) is 4. The highest BCUT2D eigenvalue weighted by Gasteiger charge is 2.19. The van der Waals surface area contributed by atoms with Crippen LogP contribution in [0.5, 0.6) is 0 Å². The van der Waals surface area contributed by atoms with Gasteiger partial charge in [0.25, 0.3) is 0 Å². The van der Waals surface area contributed by atoms with Gasteiger partial charge in [0.05, 0.1) is 11.3 Å². The van der Waals surface area contributed by atoms with Crippen LogP contribution in [0.15, 0.2) is 53.4 Å². The van der Waals surface area contributed by atoms with Crippen molar-refractivity contribution >= 4 is 21.6 Å². The van der Waals surface area contributed by atoms with Crippen molar-refractivity contribution in [2.75, 3.05) is 11.6 Å². The summed E-state index contributed by atoms with van der Waals surface area (Å²) in [4.78, 5) is 12.7. The lowest BCUT2D eigenvalue weighted by Crippen LogP contribution is -2.15. The summed E-state index contributed by atoms with van der Waals surface area (Å²) in [5.41, 5.74) is 4.96. The van der Waals surface area contributed by atoms with Crippen molar-refractivity contribution in [2.24, 2.45) is 0 Å². The third-order valence-corrected chi connectivity index (χ3v) is 6.10. The van der Waals surface area contributed by atoms with Gasteiger partial charge in [0, 0.05) is 17.5 Å². The first-order valence-corrected chi connectivity index (χ1v) is 11.0. The molecule has 0 radical (unpaired) electrons. The number of nitrogens with zero attached hydrogens (tertiary/aromatic N) is 1. The molecule has 144 valence electrons. The number of aromatic amines is 1. The Balaban J connectivity index is 1.48. The Morgan fingerprint density at radius 1 is 1.11 bits per heavy atom. The average Bonchev–Trinajstić information content (AvgIpc) is 3.26. The minimum absolute atomic E-state index is 0.106. The molecule has 0 atom stereocenters. The molecular formula is C21H21N3O3S. The highest BCUT2D eigenvalue weighted by Crippen LogP contribution is 2.26. The molecule has 7 heteroatoms. The van der Waals surface area contributed by atoms with Crippen molar-refractivity contribution in [3.63, 3.8) is 0 Å². The second-order valence-corrected chi connectivity index (χ2v) is 9.12. The molecule has 1 aromatic heterocycles. The van der Waals surface area contributed by atoms with Crippen molar-refractivity contribution < 1.29 is 13.2 Å². The van der Waals surface area contributed by atoms with E-state index in [1.165, 1.54) is 6.26 Å². The van der Waals surface area contributed by atoms with E-state index < -0.39 is 9.84 Å². The van der Waals surface area contributed by atoms with E-state index in [1.54, 1.807) is 24.3 Å². The molecule has 6 nitrogen and oxygen atoms in total. The van der Waals surface area contributed by atoms with E-state index in [9.17, 15) is 13.2 Å². The number of aryl methyl sites for hydroxylation is 1. The number of nitrogens with one attached hydrogen (secondary N) is 2. The van der Waals surface area contributed by atoms with E-state index in [1.807, 2.05) is 24.3 Å². The minimum atomic E-state index is -3.22. The summed E-state index contributed by atoms with van der Waals surface area (Å²) in [6.07, 6.45) is 4.46. The third kappa shape index (κ3) is 3.84. The van der Waals surface area contributed by atoms with Gasteiger partial charge >= 0.3 is 0 Å². The molecule has 0 saturated heterocycles. The van der Waals surface area contributed by atoms with Gasteiger partial charge in [0.1, 0.15) is 0 Å². The Hall–Kier alpha value is -2.93. The predicted octanol–water partition coefficient (Wildman–Crippen LogP) is 3.15. The molecule has 2 aromatic carbocycles. The molecule has 1 heterocycles. The number of carbonyl (C=O) groups excluding carboxylic acids is 1. The van der Waals surface area contributed by atoms with Gasteiger partial charge in [-0.05, 0) is 48.1 Å². The lowest BCUT2D eigenvalue weighted by Gasteiger charge is -2.07. The molecule has 0 bridgehead atoms. The van der Waals surface area contributed by atoms with Crippen molar-refractivity contribution in [1.29, 1.82) is 0 Å². The van der Waals surface area contributed by atoms with Crippen molar-refractivity contribution in [1.82, 2.24) is 10.2 Å². The number of benzene rings is 2. The number of H-pyrrole nitrogens is 1. The standard InChI is InChI=1S/C21H21N3O3S/c1-28(26,27)17-10-8-15(9-11-17)16-5-2-4-14(12-16)13-20(25)22-21-18-6-3-7-19(18)23-24-21/h2,4-5,8-12H,3,6-7,13H2,1H3,(H2,22,23,24,25). The molecule has 1 amide bonds. The van der Waals surface area contributed by atoms with Gasteiger partial charge in [-0.3, -0.25) is 9.89 Å². The van der Waals surface area contributed by atoms with Gasteiger partial charge in [0.2, 0.25) is 5.91 Å². The molecule has 0 aliphatic heterocycles. The second kappa shape index (κ2) is 7.24. The molecule has 0 fully saturated rings. The topological polar surface area (TPSA) is 91.9 Å². The van der Waals surface area contributed by atoms with Gasteiger partial charge in [-0.15, -0.1) is 0 Å². The fraction of sp³-hybridized carbons (Fsp3) is 0.238. The number of sulfone groups is 1. The Labute approximate surface area is 163 Å². The zero-order valence-electron chi connectivity index (χ0n) is 15.5. The first kappa shape index (κ1) is 18.4. The summed E-state index contributed by atoms with van der Waals surface area (Å²) < 4.78 is 23.2. The Morgan fingerprint density at radius 3 is 2.64 bits per heavy atom. The summed E-state index contributed by atoms with van der Waals surface area (Å²) in [5, 5.41) is 10.1. The van der Waals surface area contributed by atoms with Crippen molar-refractivity contribution in [3.05, 3.63) is 65.4 Å². The molecule has 28 heavy (non-hydrogen) atoms. The van der Waals surface area contributed by atoms with E-state index in [0.29, 0.717) is 10.7 Å². The number of carbonyl (C=O) groups is 1. The molecular weight excluding hydrogens is 374 g/mol. The van der Waals surface area contributed by atoms with Crippen molar-refractivity contribution in [2.45, 2.75) is 30.6 Å². The number of anilines is 1. The SMILES string of the molecule is CS(=O)(=O)c1ccc(-c2cccc(CC(=O)Nc3n[nH]c4c3CCC4)c2)cc1. The fourth-order valence-electron chi connectivity index (χ4n) is 3.54. The Morgan fingerprint density at radius 2 is 1.89 bits per heavy atom. The molecule has 0 saturated carbocycles. The molecule has 2 N–H and O–H groups in total. The van der Waals surface area contributed by atoms with E-state index in [4.69, 9.17) is 0 Å². The van der Waals surface area contributed by atoms with Crippen molar-refractivity contribution in [3.8, 4) is 11.1 Å². The minimum Gasteiger partial charge on any atom is -0.309 e. The molecule has 4 rings (SSSR count). The summed E-state index contributed by atoms with van der Waals surface area (Å²) in [5.74, 6) is 0.538. The van der Waals surface area contributed by atoms with Crippen LogP contribution in [0, 0.1) is 0 Å². The summed E-state index contributed by atoms with van der Waals surface area (Å²) >= 11 is 0. The van der Waals surface area contributed by atoms with Crippen LogP contribution < -0.4 is 5.32 Å². The van der Waals surface area contributed by atoms with Crippen LogP contribution in [0.1, 0.15) is 23.2 Å². The predicted molar refractivity (Wildman–Crippen MR) is 108 cm³/mol. The molecule has 1 aliphatic carbocycles. The molecule has 1 aliphatic rings. The van der Waals surface area contributed by atoms with Crippen LogP contribution in [0.4, 0.5) is 5.82 Å². The maximum Gasteiger partial charge on any atom is 0.230 e. The lowest BCUT2D eigenvalue weighted by atomic mass is 10.0. The zero-order valence-corrected chi connectivity index (χ0v) is 16.3. The Bertz CT molecular complexity index is 1130. The van der Waals surface area contributed by atoms with Crippen LogP contribution in [-0.2, 0) is 33.9 Å². The maximum atomic E-state index is 12.5. The number of hydrogen-bond donors (Lipinski definition) is 2. The van der Waals surface area contributed by atoms with Crippen LogP contribution in [-0.4, -0.2) is 30.8 Å². The van der Waals surface area contributed by atoms with Crippen LogP contribution in [0.25, 0.3) is 11.1 Å². The maximum absolute atomic E-state index is 12.5. The molecule has 3 aromatic rings. The normalized spacial score (nSPS) is 13.3. The van der Waals surface area contributed by atoms with E-state index in [0.717, 1.165) is 47.2 Å². The summed E-state index contributed by atoms with van der Waals surface area (Å²) in [6, 6.07) is 14.5. The quantitative estimate of drug-likeness (QED) is 0.694. The fourth-order valence-corrected chi connectivity index (χ4v) is 4.17. The van der Waals surface area contributed by atoms with Crippen LogP contribution in [0.2, 0.25) is 0 Å². The highest BCUT2D eigenvalue weighted by molar-refractivity contribution is 7.90. The third-order valence-electron chi connectivity index (χ3n) is 4.97. The van der Waals surface area contributed by atoms with Gasteiger partial charge in [0.15, 0.2) is 15.7 Å². The first-order valence-electron chi connectivity index (χ1n) is 9.15. The van der Waals surface area contributed by atoms with Crippen LogP contribution >= 0.6 is 0 Å². The number of aromatic nitrogens is 2. The highest BCUT2D eigenvalue weighted by atomic mass is 32.2. The molecule has 0 unspecified atom stereocenters. The van der Waals surface area contributed by atoms with E-state index in [2.05, 4.69) is 15.5 Å². The summed E-state index contributed by atoms with van der Waals surface area (Å²) in [7, 11) is -3.22. The number of amides is 1. The Kier molecular flexibility index (Phi) is 4.77. The van der Waals surface area contributed by atoms with Gasteiger partial charge in [-0.25, -0.2) is 8.42 Å². The average molecular weight is 395 g/mol. The molecule has 0 spiro atoms. The smallest absolute Gasteiger partial charge is 0.230 e. The van der Waals surface area contributed by atoms with E-state index in [-0.39, 0.29) is 12.3 Å². The lowest BCUT2D eigenvalue weighted by molar-refractivity contribution is -0.115. The number of fused-ring (bicyclic) bond motifs is 1. The van der Waals surface area contributed by atoms with E-state index >= 15 is 0 Å². The zero-order chi connectivity index (χ0) is 19.7. The first-order chi connectivity index (χ1) is 13.4.